The summed E-state index contributed by atoms with van der Waals surface area (Å²) >= 11 is 0. The third kappa shape index (κ3) is 1.48. The number of fused-ring (bicyclic) bond motifs is 1. The van der Waals surface area contributed by atoms with Crippen LogP contribution in [0.4, 0.5) is 0 Å². The zero-order valence-corrected chi connectivity index (χ0v) is 8.58. The first-order valence-electron chi connectivity index (χ1n) is 4.92. The zero-order valence-electron chi connectivity index (χ0n) is 8.58. The molecule has 0 aliphatic heterocycles. The molecule has 0 aliphatic carbocycles. The second-order valence-corrected chi connectivity index (χ2v) is 3.52. The Balaban J connectivity index is 2.19. The Hall–Kier alpha value is -2.56. The normalized spacial score (nSPS) is 10.8. The van der Waals surface area contributed by atoms with Crippen molar-refractivity contribution in [2.75, 3.05) is 0 Å². The third-order valence-corrected chi connectivity index (χ3v) is 2.49. The van der Waals surface area contributed by atoms with E-state index in [2.05, 4.69) is 5.16 Å². The third-order valence-electron chi connectivity index (χ3n) is 2.49. The summed E-state index contributed by atoms with van der Waals surface area (Å²) in [7, 11) is 0. The van der Waals surface area contributed by atoms with Crippen LogP contribution in [0.2, 0.25) is 0 Å². The first-order chi connectivity index (χ1) is 8.25. The second-order valence-electron chi connectivity index (χ2n) is 3.52. The molecule has 0 amide bonds. The van der Waals surface area contributed by atoms with Crippen LogP contribution in [0.15, 0.2) is 45.5 Å². The molecule has 0 fully saturated rings. The predicted octanol–water partition coefficient (Wildman–Crippen LogP) is 2.79. The summed E-state index contributed by atoms with van der Waals surface area (Å²) in [6.07, 6.45) is 1.57. The van der Waals surface area contributed by atoms with Gasteiger partial charge in [-0.3, -0.25) is 0 Å². The van der Waals surface area contributed by atoms with E-state index in [1.54, 1.807) is 12.3 Å². The lowest BCUT2D eigenvalue weighted by atomic mass is 10.1. The Labute approximate surface area is 95.3 Å². The molecule has 0 atom stereocenters. The van der Waals surface area contributed by atoms with Crippen molar-refractivity contribution < 1.29 is 18.8 Å². The lowest BCUT2D eigenvalue weighted by Crippen LogP contribution is -1.94. The highest BCUT2D eigenvalue weighted by Crippen LogP contribution is 2.29. The number of hydrogen-bond donors (Lipinski definition) is 1. The van der Waals surface area contributed by atoms with Crippen molar-refractivity contribution in [3.05, 3.63) is 42.3 Å². The van der Waals surface area contributed by atoms with Gasteiger partial charge in [0, 0.05) is 17.0 Å². The molecular weight excluding hydrogens is 222 g/mol. The van der Waals surface area contributed by atoms with E-state index in [1.807, 2.05) is 18.2 Å². The number of furan rings is 1. The van der Waals surface area contributed by atoms with Gasteiger partial charge in [0.25, 0.3) is 0 Å². The van der Waals surface area contributed by atoms with Crippen molar-refractivity contribution in [1.29, 1.82) is 0 Å². The van der Waals surface area contributed by atoms with Crippen LogP contribution in [0.3, 0.4) is 0 Å². The average Bonchev–Trinajstić information content (AvgIpc) is 2.97. The van der Waals surface area contributed by atoms with Gasteiger partial charge in [-0.05, 0) is 12.1 Å². The molecule has 0 aliphatic rings. The summed E-state index contributed by atoms with van der Waals surface area (Å²) in [6, 6.07) is 8.65. The lowest BCUT2D eigenvalue weighted by Gasteiger charge is -1.96. The molecule has 84 valence electrons. The van der Waals surface area contributed by atoms with Crippen LogP contribution in [-0.4, -0.2) is 16.2 Å². The van der Waals surface area contributed by atoms with E-state index >= 15 is 0 Å². The van der Waals surface area contributed by atoms with Crippen molar-refractivity contribution in [1.82, 2.24) is 5.16 Å². The van der Waals surface area contributed by atoms with Gasteiger partial charge in [0.15, 0.2) is 11.5 Å². The van der Waals surface area contributed by atoms with E-state index in [9.17, 15) is 4.79 Å². The Bertz CT molecular complexity index is 695. The van der Waals surface area contributed by atoms with E-state index in [1.165, 1.54) is 6.07 Å². The van der Waals surface area contributed by atoms with E-state index < -0.39 is 5.97 Å². The molecular formula is C12H7NO4. The Morgan fingerprint density at radius 1 is 1.29 bits per heavy atom. The molecule has 5 nitrogen and oxygen atoms in total. The van der Waals surface area contributed by atoms with E-state index in [0.29, 0.717) is 5.76 Å². The van der Waals surface area contributed by atoms with Crippen molar-refractivity contribution >= 4 is 16.9 Å². The SMILES string of the molecule is O=C(O)c1cc(-c2cccc3occc23)on1. The Kier molecular flexibility index (Phi) is 1.98. The van der Waals surface area contributed by atoms with Gasteiger partial charge in [0.2, 0.25) is 0 Å². The maximum absolute atomic E-state index is 10.7. The van der Waals surface area contributed by atoms with Gasteiger partial charge in [-0.15, -0.1) is 0 Å². The van der Waals surface area contributed by atoms with Gasteiger partial charge in [-0.1, -0.05) is 17.3 Å². The quantitative estimate of drug-likeness (QED) is 0.731. The number of carboxylic acid groups (broad SMARTS) is 1. The van der Waals surface area contributed by atoms with Crippen LogP contribution in [0.25, 0.3) is 22.3 Å². The zero-order chi connectivity index (χ0) is 11.8. The lowest BCUT2D eigenvalue weighted by molar-refractivity contribution is 0.0686. The highest BCUT2D eigenvalue weighted by atomic mass is 16.5. The van der Waals surface area contributed by atoms with E-state index in [-0.39, 0.29) is 5.69 Å². The smallest absolute Gasteiger partial charge is 0.358 e. The number of carboxylic acids is 1. The minimum Gasteiger partial charge on any atom is -0.476 e. The maximum atomic E-state index is 10.7. The van der Waals surface area contributed by atoms with Crippen LogP contribution in [0.5, 0.6) is 0 Å². The molecule has 0 saturated carbocycles. The van der Waals surface area contributed by atoms with Gasteiger partial charge in [0.05, 0.1) is 6.26 Å². The Morgan fingerprint density at radius 2 is 2.18 bits per heavy atom. The molecule has 3 rings (SSSR count). The first-order valence-corrected chi connectivity index (χ1v) is 4.92. The summed E-state index contributed by atoms with van der Waals surface area (Å²) in [4.78, 5) is 10.7. The number of hydrogen-bond acceptors (Lipinski definition) is 4. The molecule has 3 aromatic rings. The summed E-state index contributed by atoms with van der Waals surface area (Å²) in [5.41, 5.74) is 1.37. The first kappa shape index (κ1) is 9.65. The van der Waals surface area contributed by atoms with Crippen molar-refractivity contribution in [2.45, 2.75) is 0 Å². The number of carbonyl (C=O) groups is 1. The predicted molar refractivity (Wildman–Crippen MR) is 58.7 cm³/mol. The largest absolute Gasteiger partial charge is 0.476 e. The van der Waals surface area contributed by atoms with E-state index in [0.717, 1.165) is 16.5 Å². The molecule has 5 heteroatoms. The molecule has 0 saturated heterocycles. The molecule has 1 aromatic carbocycles. The standard InChI is InChI=1S/C12H7NO4/c14-12(15)9-6-11(17-13-9)7-2-1-3-10-8(7)4-5-16-10/h1-6H,(H,14,15). The minimum absolute atomic E-state index is 0.111. The highest BCUT2D eigenvalue weighted by Gasteiger charge is 2.14. The van der Waals surface area contributed by atoms with E-state index in [4.69, 9.17) is 14.0 Å². The number of nitrogens with zero attached hydrogens (tertiary/aromatic N) is 1. The monoisotopic (exact) mass is 229 g/mol. The Morgan fingerprint density at radius 3 is 2.94 bits per heavy atom. The van der Waals surface area contributed by atoms with Gasteiger partial charge in [0.1, 0.15) is 5.58 Å². The number of rotatable bonds is 2. The molecule has 0 spiro atoms. The van der Waals surface area contributed by atoms with Crippen LogP contribution in [-0.2, 0) is 0 Å². The minimum atomic E-state index is -1.11. The fourth-order valence-electron chi connectivity index (χ4n) is 1.71. The van der Waals surface area contributed by atoms with Crippen LogP contribution >= 0.6 is 0 Å². The summed E-state index contributed by atoms with van der Waals surface area (Å²) in [5.74, 6) is -0.700. The molecule has 1 N–H and O–H groups in total. The maximum Gasteiger partial charge on any atom is 0.358 e. The molecule has 17 heavy (non-hydrogen) atoms. The van der Waals surface area contributed by atoms with Crippen LogP contribution in [0, 0.1) is 0 Å². The van der Waals surface area contributed by atoms with Gasteiger partial charge < -0.3 is 14.0 Å². The second kappa shape index (κ2) is 3.48. The van der Waals surface area contributed by atoms with Crippen LogP contribution < -0.4 is 0 Å². The van der Waals surface area contributed by atoms with Gasteiger partial charge >= 0.3 is 5.97 Å². The number of aromatic carboxylic acids is 1. The average molecular weight is 229 g/mol. The van der Waals surface area contributed by atoms with Crippen molar-refractivity contribution in [3.8, 4) is 11.3 Å². The highest BCUT2D eigenvalue weighted by molar-refractivity contribution is 5.94. The van der Waals surface area contributed by atoms with Gasteiger partial charge in [-0.25, -0.2) is 4.79 Å². The van der Waals surface area contributed by atoms with Gasteiger partial charge in [-0.2, -0.15) is 0 Å². The molecule has 0 radical (unpaired) electrons. The summed E-state index contributed by atoms with van der Waals surface area (Å²) in [6.45, 7) is 0. The fourth-order valence-corrected chi connectivity index (χ4v) is 1.71. The molecule has 2 heterocycles. The fraction of sp³-hybridized carbons (Fsp3) is 0. The molecule has 0 unspecified atom stereocenters. The van der Waals surface area contributed by atoms with Crippen molar-refractivity contribution in [2.24, 2.45) is 0 Å². The summed E-state index contributed by atoms with van der Waals surface area (Å²) in [5, 5.41) is 13.1. The number of benzene rings is 1. The number of aromatic nitrogens is 1. The molecule has 0 bridgehead atoms. The van der Waals surface area contributed by atoms with Crippen molar-refractivity contribution in [3.63, 3.8) is 0 Å². The topological polar surface area (TPSA) is 76.5 Å². The summed E-state index contributed by atoms with van der Waals surface area (Å²) < 4.78 is 10.3. The van der Waals surface area contributed by atoms with Crippen LogP contribution in [0.1, 0.15) is 10.5 Å². The molecule has 2 aromatic heterocycles.